The molecule has 2 fully saturated rings. The Labute approximate surface area is 92.0 Å². The zero-order chi connectivity index (χ0) is 10.9. The predicted octanol–water partition coefficient (Wildman–Crippen LogP) is 1.15. The molecule has 2 rings (SSSR count). The van der Waals surface area contributed by atoms with Gasteiger partial charge in [-0.2, -0.15) is 0 Å². The molecule has 0 spiro atoms. The van der Waals surface area contributed by atoms with Crippen molar-refractivity contribution in [1.82, 2.24) is 10.6 Å². The van der Waals surface area contributed by atoms with Crippen molar-refractivity contribution < 1.29 is 4.79 Å². The number of carbonyl (C=O) groups is 1. The van der Waals surface area contributed by atoms with Crippen molar-refractivity contribution in [1.29, 1.82) is 0 Å². The molecule has 1 heterocycles. The summed E-state index contributed by atoms with van der Waals surface area (Å²) in [4.78, 5) is 11.9. The number of hydrogen-bond acceptors (Lipinski definition) is 2. The van der Waals surface area contributed by atoms with Gasteiger partial charge in [0, 0.05) is 13.1 Å². The molecule has 3 nitrogen and oxygen atoms in total. The molecule has 0 aromatic carbocycles. The molecule has 1 aliphatic heterocycles. The first kappa shape index (κ1) is 10.9. The zero-order valence-corrected chi connectivity index (χ0v) is 9.81. The van der Waals surface area contributed by atoms with Crippen LogP contribution in [0.2, 0.25) is 0 Å². The van der Waals surface area contributed by atoms with E-state index in [1.807, 2.05) is 0 Å². The molecular weight excluding hydrogens is 188 g/mol. The largest absolute Gasteiger partial charge is 0.355 e. The summed E-state index contributed by atoms with van der Waals surface area (Å²) in [6.07, 6.45) is 3.79. The van der Waals surface area contributed by atoms with Crippen molar-refractivity contribution in [3.8, 4) is 0 Å². The molecule has 2 N–H and O–H groups in total. The average Bonchev–Trinajstić information content (AvgIpc) is 2.91. The van der Waals surface area contributed by atoms with Crippen LogP contribution in [0.4, 0.5) is 0 Å². The second kappa shape index (κ2) is 4.12. The van der Waals surface area contributed by atoms with Gasteiger partial charge in [-0.15, -0.1) is 0 Å². The third kappa shape index (κ3) is 2.33. The van der Waals surface area contributed by atoms with Gasteiger partial charge in [0.05, 0.1) is 5.92 Å². The van der Waals surface area contributed by atoms with E-state index in [0.717, 1.165) is 19.6 Å². The van der Waals surface area contributed by atoms with Crippen LogP contribution < -0.4 is 10.6 Å². The van der Waals surface area contributed by atoms with E-state index in [1.54, 1.807) is 0 Å². The van der Waals surface area contributed by atoms with Gasteiger partial charge in [0.25, 0.3) is 0 Å². The number of hydrogen-bond donors (Lipinski definition) is 2. The molecule has 2 atom stereocenters. The van der Waals surface area contributed by atoms with E-state index in [2.05, 4.69) is 24.5 Å². The smallest absolute Gasteiger partial charge is 0.224 e. The molecule has 1 saturated heterocycles. The molecule has 1 saturated carbocycles. The Balaban J connectivity index is 1.77. The van der Waals surface area contributed by atoms with E-state index in [1.165, 1.54) is 19.3 Å². The van der Waals surface area contributed by atoms with Crippen LogP contribution in [-0.2, 0) is 4.79 Å². The normalized spacial score (nSPS) is 32.7. The SMILES string of the molecule is CCC1(CNC(=O)[C@@H]2CNC[C@H]2C)CC1. The van der Waals surface area contributed by atoms with Crippen molar-refractivity contribution in [3.63, 3.8) is 0 Å². The van der Waals surface area contributed by atoms with E-state index < -0.39 is 0 Å². The number of nitrogens with one attached hydrogen (secondary N) is 2. The fraction of sp³-hybridized carbons (Fsp3) is 0.917. The highest BCUT2D eigenvalue weighted by molar-refractivity contribution is 5.79. The lowest BCUT2D eigenvalue weighted by Gasteiger charge is -2.18. The highest BCUT2D eigenvalue weighted by atomic mass is 16.1. The van der Waals surface area contributed by atoms with Crippen LogP contribution in [0.1, 0.15) is 33.1 Å². The van der Waals surface area contributed by atoms with Gasteiger partial charge >= 0.3 is 0 Å². The standard InChI is InChI=1S/C12H22N2O/c1-3-12(4-5-12)8-14-11(15)10-7-13-6-9(10)2/h9-10,13H,3-8H2,1-2H3,(H,14,15)/t9-,10-/m1/s1. The van der Waals surface area contributed by atoms with Crippen LogP contribution in [-0.4, -0.2) is 25.5 Å². The molecule has 0 unspecified atom stereocenters. The van der Waals surface area contributed by atoms with Gasteiger partial charge in [-0.25, -0.2) is 0 Å². The highest BCUT2D eigenvalue weighted by Crippen LogP contribution is 2.47. The Morgan fingerprint density at radius 2 is 2.20 bits per heavy atom. The Morgan fingerprint density at radius 1 is 1.47 bits per heavy atom. The molecule has 86 valence electrons. The lowest BCUT2D eigenvalue weighted by molar-refractivity contribution is -0.125. The Kier molecular flexibility index (Phi) is 3.01. The fourth-order valence-corrected chi connectivity index (χ4v) is 2.40. The maximum atomic E-state index is 11.9. The summed E-state index contributed by atoms with van der Waals surface area (Å²) in [5, 5.41) is 6.40. The summed E-state index contributed by atoms with van der Waals surface area (Å²) in [5.74, 6) is 0.937. The Morgan fingerprint density at radius 3 is 2.67 bits per heavy atom. The molecule has 0 aromatic heterocycles. The summed E-state index contributed by atoms with van der Waals surface area (Å²) in [5.41, 5.74) is 0.463. The average molecular weight is 210 g/mol. The second-order valence-corrected chi connectivity index (χ2v) is 5.31. The first-order valence-electron chi connectivity index (χ1n) is 6.15. The molecular formula is C12H22N2O. The summed E-state index contributed by atoms with van der Waals surface area (Å²) >= 11 is 0. The zero-order valence-electron chi connectivity index (χ0n) is 9.81. The van der Waals surface area contributed by atoms with E-state index in [4.69, 9.17) is 0 Å². The molecule has 3 heteroatoms. The molecule has 1 aliphatic carbocycles. The van der Waals surface area contributed by atoms with Crippen LogP contribution in [0, 0.1) is 17.3 Å². The van der Waals surface area contributed by atoms with Crippen LogP contribution in [0.25, 0.3) is 0 Å². The van der Waals surface area contributed by atoms with Gasteiger partial charge in [0.1, 0.15) is 0 Å². The van der Waals surface area contributed by atoms with Crippen LogP contribution >= 0.6 is 0 Å². The summed E-state index contributed by atoms with van der Waals surface area (Å²) in [6.45, 7) is 7.10. The third-order valence-electron chi connectivity index (χ3n) is 4.20. The van der Waals surface area contributed by atoms with E-state index in [-0.39, 0.29) is 11.8 Å². The molecule has 15 heavy (non-hydrogen) atoms. The lowest BCUT2D eigenvalue weighted by atomic mass is 9.96. The van der Waals surface area contributed by atoms with Crippen LogP contribution in [0.5, 0.6) is 0 Å². The minimum absolute atomic E-state index is 0.192. The van der Waals surface area contributed by atoms with Crippen molar-refractivity contribution >= 4 is 5.91 Å². The third-order valence-corrected chi connectivity index (χ3v) is 4.20. The number of rotatable bonds is 4. The van der Waals surface area contributed by atoms with Crippen molar-refractivity contribution in [2.24, 2.45) is 17.3 Å². The minimum atomic E-state index is 0.192. The van der Waals surface area contributed by atoms with Gasteiger partial charge in [-0.3, -0.25) is 4.79 Å². The van der Waals surface area contributed by atoms with E-state index >= 15 is 0 Å². The van der Waals surface area contributed by atoms with Crippen molar-refractivity contribution in [2.45, 2.75) is 33.1 Å². The Hall–Kier alpha value is -0.570. The van der Waals surface area contributed by atoms with Crippen molar-refractivity contribution in [2.75, 3.05) is 19.6 Å². The van der Waals surface area contributed by atoms with Crippen LogP contribution in [0.15, 0.2) is 0 Å². The maximum Gasteiger partial charge on any atom is 0.224 e. The summed E-state index contributed by atoms with van der Waals surface area (Å²) in [6, 6.07) is 0. The first-order valence-corrected chi connectivity index (χ1v) is 6.15. The van der Waals surface area contributed by atoms with Gasteiger partial charge < -0.3 is 10.6 Å². The Bertz CT molecular complexity index is 248. The van der Waals surface area contributed by atoms with E-state index in [0.29, 0.717) is 11.3 Å². The lowest BCUT2D eigenvalue weighted by Crippen LogP contribution is -2.37. The second-order valence-electron chi connectivity index (χ2n) is 5.31. The van der Waals surface area contributed by atoms with Gasteiger partial charge in [0.15, 0.2) is 0 Å². The monoisotopic (exact) mass is 210 g/mol. The molecule has 1 amide bonds. The highest BCUT2D eigenvalue weighted by Gasteiger charge is 2.41. The number of carbonyl (C=O) groups excluding carboxylic acids is 1. The minimum Gasteiger partial charge on any atom is -0.355 e. The molecule has 0 radical (unpaired) electrons. The molecule has 0 aromatic rings. The van der Waals surface area contributed by atoms with Crippen molar-refractivity contribution in [3.05, 3.63) is 0 Å². The predicted molar refractivity (Wildman–Crippen MR) is 60.5 cm³/mol. The maximum absolute atomic E-state index is 11.9. The summed E-state index contributed by atoms with van der Waals surface area (Å²) in [7, 11) is 0. The van der Waals surface area contributed by atoms with Gasteiger partial charge in [-0.05, 0) is 37.1 Å². The molecule has 0 bridgehead atoms. The number of amides is 1. The first-order chi connectivity index (χ1) is 7.17. The van der Waals surface area contributed by atoms with Crippen LogP contribution in [0.3, 0.4) is 0 Å². The van der Waals surface area contributed by atoms with Gasteiger partial charge in [0.2, 0.25) is 5.91 Å². The fourth-order valence-electron chi connectivity index (χ4n) is 2.40. The van der Waals surface area contributed by atoms with Gasteiger partial charge in [-0.1, -0.05) is 13.8 Å². The quantitative estimate of drug-likeness (QED) is 0.731. The van der Waals surface area contributed by atoms with E-state index in [9.17, 15) is 4.79 Å². The topological polar surface area (TPSA) is 41.1 Å². The molecule has 2 aliphatic rings. The summed E-state index contributed by atoms with van der Waals surface area (Å²) < 4.78 is 0.